The molecule has 4 rings (SSSR count). The molecule has 0 amide bonds. The van der Waals surface area contributed by atoms with Crippen LogP contribution in [0.15, 0.2) is 42.1 Å². The minimum Gasteiger partial charge on any atom is -0.496 e. The molecule has 0 saturated heterocycles. The van der Waals surface area contributed by atoms with Gasteiger partial charge in [-0.25, -0.2) is 9.97 Å². The topological polar surface area (TPSA) is 80.7 Å². The van der Waals surface area contributed by atoms with Gasteiger partial charge in [0.1, 0.15) is 28.9 Å². The molecule has 0 spiro atoms. The molecule has 0 bridgehead atoms. The van der Waals surface area contributed by atoms with Crippen LogP contribution in [0, 0.1) is 6.92 Å². The molecule has 0 atom stereocenters. The molecule has 7 heteroatoms. The zero-order chi connectivity index (χ0) is 21.6. The van der Waals surface area contributed by atoms with Gasteiger partial charge in [-0.2, -0.15) is 5.10 Å². The molecule has 1 aromatic carbocycles. The summed E-state index contributed by atoms with van der Waals surface area (Å²) in [5.74, 6) is 3.04. The second-order valence-electron chi connectivity index (χ2n) is 7.69. The average molecular weight is 403 g/mol. The van der Waals surface area contributed by atoms with E-state index in [2.05, 4.69) is 51.9 Å². The third kappa shape index (κ3) is 3.22. The fraction of sp³-hybridized carbons (Fsp3) is 0.261. The van der Waals surface area contributed by atoms with E-state index in [1.165, 1.54) is 5.57 Å². The molecular formula is C23H26N6O. The number of aryl methyl sites for hydroxylation is 2. The Labute approximate surface area is 175 Å². The Kier molecular flexibility index (Phi) is 4.81. The summed E-state index contributed by atoms with van der Waals surface area (Å²) in [6.07, 6.45) is 1.75. The van der Waals surface area contributed by atoms with Crippen LogP contribution < -0.4 is 10.1 Å². The first-order valence-electron chi connectivity index (χ1n) is 9.77. The predicted molar refractivity (Wildman–Crippen MR) is 122 cm³/mol. The number of fused-ring (bicyclic) bond motifs is 3. The molecule has 0 aliphatic carbocycles. The molecule has 0 radical (unpaired) electrons. The van der Waals surface area contributed by atoms with Gasteiger partial charge in [0.2, 0.25) is 0 Å². The van der Waals surface area contributed by atoms with Gasteiger partial charge in [0.05, 0.1) is 18.7 Å². The lowest BCUT2D eigenvalue weighted by Crippen LogP contribution is -2.03. The quantitative estimate of drug-likeness (QED) is 0.444. The Morgan fingerprint density at radius 2 is 1.97 bits per heavy atom. The molecule has 0 aliphatic heterocycles. The van der Waals surface area contributed by atoms with Gasteiger partial charge in [0.15, 0.2) is 0 Å². The van der Waals surface area contributed by atoms with Gasteiger partial charge in [-0.05, 0) is 45.4 Å². The minimum atomic E-state index is 0.679. The highest BCUT2D eigenvalue weighted by molar-refractivity contribution is 6.13. The maximum Gasteiger partial charge on any atom is 0.145 e. The number of nitrogens with one attached hydrogen (secondary N) is 2. The van der Waals surface area contributed by atoms with Crippen molar-refractivity contribution in [3.63, 3.8) is 0 Å². The number of methoxy groups -OCH3 is 1. The third-order valence-corrected chi connectivity index (χ3v) is 5.15. The number of aromatic amines is 1. The number of aromatic nitrogens is 5. The molecule has 7 nitrogen and oxygen atoms in total. The van der Waals surface area contributed by atoms with Crippen LogP contribution in [0.3, 0.4) is 0 Å². The first kappa shape index (κ1) is 19.7. The molecule has 0 saturated carbocycles. The summed E-state index contributed by atoms with van der Waals surface area (Å²) in [6.45, 7) is 12.2. The zero-order valence-corrected chi connectivity index (χ0v) is 18.2. The maximum absolute atomic E-state index is 5.78. The second kappa shape index (κ2) is 7.33. The molecular weight excluding hydrogens is 376 g/mol. The van der Waals surface area contributed by atoms with E-state index in [1.54, 1.807) is 18.0 Å². The van der Waals surface area contributed by atoms with E-state index in [0.29, 0.717) is 5.82 Å². The summed E-state index contributed by atoms with van der Waals surface area (Å²) in [6, 6.07) is 6.06. The Morgan fingerprint density at radius 1 is 1.20 bits per heavy atom. The lowest BCUT2D eigenvalue weighted by Gasteiger charge is -2.15. The Morgan fingerprint density at radius 3 is 2.57 bits per heavy atom. The van der Waals surface area contributed by atoms with Crippen LogP contribution in [0.4, 0.5) is 11.6 Å². The van der Waals surface area contributed by atoms with E-state index in [4.69, 9.17) is 4.74 Å². The van der Waals surface area contributed by atoms with Crippen molar-refractivity contribution in [1.29, 1.82) is 0 Å². The Bertz CT molecular complexity index is 1320. The summed E-state index contributed by atoms with van der Waals surface area (Å²) in [5.41, 5.74) is 6.03. The van der Waals surface area contributed by atoms with Gasteiger partial charge in [0, 0.05) is 29.6 Å². The van der Waals surface area contributed by atoms with Crippen molar-refractivity contribution >= 4 is 39.1 Å². The van der Waals surface area contributed by atoms with Crippen molar-refractivity contribution in [1.82, 2.24) is 24.7 Å². The molecule has 3 aromatic heterocycles. The van der Waals surface area contributed by atoms with Crippen molar-refractivity contribution in [3.8, 4) is 5.75 Å². The van der Waals surface area contributed by atoms with E-state index in [9.17, 15) is 0 Å². The number of rotatable bonds is 5. The van der Waals surface area contributed by atoms with Crippen molar-refractivity contribution < 1.29 is 4.74 Å². The molecule has 0 fully saturated rings. The number of hydrogen-bond donors (Lipinski definition) is 2. The number of benzene rings is 1. The number of ether oxygens (including phenoxy) is 1. The lowest BCUT2D eigenvalue weighted by molar-refractivity contribution is 0.414. The molecule has 0 unspecified atom stereocenters. The molecule has 154 valence electrons. The number of H-pyrrole nitrogens is 1. The highest BCUT2D eigenvalue weighted by Gasteiger charge is 2.19. The first-order valence-corrected chi connectivity index (χ1v) is 9.77. The zero-order valence-electron chi connectivity index (χ0n) is 18.2. The van der Waals surface area contributed by atoms with Crippen LogP contribution >= 0.6 is 0 Å². The van der Waals surface area contributed by atoms with Crippen molar-refractivity contribution in [3.05, 3.63) is 53.5 Å². The number of hydrogen-bond acceptors (Lipinski definition) is 5. The monoisotopic (exact) mass is 402 g/mol. The van der Waals surface area contributed by atoms with E-state index < -0.39 is 0 Å². The summed E-state index contributed by atoms with van der Waals surface area (Å²) >= 11 is 0. The molecule has 2 N–H and O–H groups in total. The highest BCUT2D eigenvalue weighted by Crippen LogP contribution is 2.39. The van der Waals surface area contributed by atoms with Crippen molar-refractivity contribution in [2.24, 2.45) is 7.05 Å². The average Bonchev–Trinajstić information content (AvgIpc) is 3.22. The van der Waals surface area contributed by atoms with Crippen LogP contribution in [-0.4, -0.2) is 31.8 Å². The van der Waals surface area contributed by atoms with Gasteiger partial charge in [-0.15, -0.1) is 0 Å². The van der Waals surface area contributed by atoms with Gasteiger partial charge in [-0.3, -0.25) is 4.68 Å². The first-order chi connectivity index (χ1) is 14.3. The van der Waals surface area contributed by atoms with Crippen molar-refractivity contribution in [2.45, 2.75) is 27.7 Å². The molecule has 30 heavy (non-hydrogen) atoms. The van der Waals surface area contributed by atoms with Gasteiger partial charge in [-0.1, -0.05) is 17.7 Å². The maximum atomic E-state index is 5.78. The van der Waals surface area contributed by atoms with Crippen molar-refractivity contribution in [2.75, 3.05) is 12.4 Å². The van der Waals surface area contributed by atoms with E-state index in [1.807, 2.05) is 33.0 Å². The van der Waals surface area contributed by atoms with Gasteiger partial charge < -0.3 is 15.0 Å². The lowest BCUT2D eigenvalue weighted by atomic mass is 9.94. The smallest absolute Gasteiger partial charge is 0.145 e. The third-order valence-electron chi connectivity index (χ3n) is 5.15. The van der Waals surface area contributed by atoms with Crippen LogP contribution in [0.5, 0.6) is 5.75 Å². The number of allylic oxidation sites excluding steroid dienone is 3. The van der Waals surface area contributed by atoms with E-state index >= 15 is 0 Å². The Balaban J connectivity index is 2.01. The fourth-order valence-electron chi connectivity index (χ4n) is 3.93. The van der Waals surface area contributed by atoms with Crippen LogP contribution in [0.2, 0.25) is 0 Å². The highest BCUT2D eigenvalue weighted by atomic mass is 16.5. The largest absolute Gasteiger partial charge is 0.496 e. The number of nitrogens with zero attached hydrogens (tertiary/aromatic N) is 4. The van der Waals surface area contributed by atoms with Crippen LogP contribution in [0.1, 0.15) is 32.2 Å². The van der Waals surface area contributed by atoms with Crippen LogP contribution in [0.25, 0.3) is 27.5 Å². The molecule has 4 aromatic rings. The van der Waals surface area contributed by atoms with E-state index in [0.717, 1.165) is 56.0 Å². The minimum absolute atomic E-state index is 0.679. The van der Waals surface area contributed by atoms with Gasteiger partial charge >= 0.3 is 0 Å². The fourth-order valence-corrected chi connectivity index (χ4v) is 3.93. The van der Waals surface area contributed by atoms with Crippen LogP contribution in [-0.2, 0) is 7.05 Å². The Hall–Kier alpha value is -3.61. The second-order valence-corrected chi connectivity index (χ2v) is 7.69. The standard InChI is InChI=1S/C23H26N6O/c1-12(2)20(13(3)4)16-10-17-15(11-18(16)30-7)21-22(27-17)25-14(5)26-23(21)28-19-8-9-24-29(19)6/h8-11H,1H2,2-7H3,(H2,25,26,27,28). The SMILES string of the molecule is C=C(C)C(=C(C)C)c1cc2[nH]c3nc(C)nc(Nc4ccnn4C)c3c2cc1OC. The summed E-state index contributed by atoms with van der Waals surface area (Å²) < 4.78 is 7.55. The van der Waals surface area contributed by atoms with Gasteiger partial charge in [0.25, 0.3) is 0 Å². The normalized spacial score (nSPS) is 11.1. The molecule has 0 aliphatic rings. The summed E-state index contributed by atoms with van der Waals surface area (Å²) in [5, 5.41) is 9.52. The summed E-state index contributed by atoms with van der Waals surface area (Å²) in [7, 11) is 3.58. The molecule has 3 heterocycles. The van der Waals surface area contributed by atoms with E-state index in [-0.39, 0.29) is 0 Å². The number of anilines is 2. The summed E-state index contributed by atoms with van der Waals surface area (Å²) in [4.78, 5) is 12.7. The predicted octanol–water partition coefficient (Wildman–Crippen LogP) is 5.27.